The van der Waals surface area contributed by atoms with Crippen molar-refractivity contribution in [3.8, 4) is 0 Å². The number of aryl methyl sites for hydroxylation is 1. The Hall–Kier alpha value is -0.390. The second kappa shape index (κ2) is 3.55. The normalized spacial score (nSPS) is 11.8. The van der Waals surface area contributed by atoms with Gasteiger partial charge in [0, 0.05) is 0 Å². The Labute approximate surface area is 75.6 Å². The molecule has 0 fully saturated rings. The van der Waals surface area contributed by atoms with Gasteiger partial charge in [0.1, 0.15) is 4.21 Å². The summed E-state index contributed by atoms with van der Waals surface area (Å²) in [6, 6.07) is 1.76. The van der Waals surface area contributed by atoms with Crippen molar-refractivity contribution in [2.75, 3.05) is 12.4 Å². The summed E-state index contributed by atoms with van der Waals surface area (Å²) in [4.78, 5) is 0. The first-order chi connectivity index (χ1) is 5.58. The van der Waals surface area contributed by atoms with E-state index in [0.717, 1.165) is 5.56 Å². The monoisotopic (exact) mass is 206 g/mol. The minimum absolute atomic E-state index is 0.186. The third kappa shape index (κ3) is 1.85. The molecule has 0 aliphatic heterocycles. The summed E-state index contributed by atoms with van der Waals surface area (Å²) in [5, 5.41) is 10.3. The Morgan fingerprint density at radius 1 is 1.58 bits per heavy atom. The van der Waals surface area contributed by atoms with Crippen LogP contribution < -0.4 is 0 Å². The van der Waals surface area contributed by atoms with Crippen LogP contribution in [0.3, 0.4) is 0 Å². The molecule has 5 heteroatoms. The molecule has 0 bridgehead atoms. The van der Waals surface area contributed by atoms with Crippen molar-refractivity contribution < 1.29 is 13.5 Å². The molecule has 0 radical (unpaired) electrons. The molecule has 0 amide bonds. The van der Waals surface area contributed by atoms with Crippen LogP contribution in [0.5, 0.6) is 0 Å². The molecule has 1 heterocycles. The fourth-order valence-corrected chi connectivity index (χ4v) is 3.53. The molecule has 0 spiro atoms. The van der Waals surface area contributed by atoms with Crippen LogP contribution in [0.1, 0.15) is 5.56 Å². The van der Waals surface area contributed by atoms with Crippen LogP contribution >= 0.6 is 11.3 Å². The van der Waals surface area contributed by atoms with Gasteiger partial charge in [-0.05, 0) is 23.9 Å². The maximum Gasteiger partial charge on any atom is 0.190 e. The second-order valence-corrected chi connectivity index (χ2v) is 5.65. The van der Waals surface area contributed by atoms with Crippen molar-refractivity contribution >= 4 is 21.2 Å². The van der Waals surface area contributed by atoms with E-state index < -0.39 is 9.84 Å². The quantitative estimate of drug-likeness (QED) is 0.796. The van der Waals surface area contributed by atoms with E-state index >= 15 is 0 Å². The predicted octanol–water partition coefficient (Wildman–Crippen LogP) is 0.823. The van der Waals surface area contributed by atoms with E-state index in [-0.39, 0.29) is 12.4 Å². The van der Waals surface area contributed by atoms with E-state index in [1.54, 1.807) is 18.4 Å². The highest BCUT2D eigenvalue weighted by Gasteiger charge is 2.17. The molecule has 0 aliphatic carbocycles. The lowest BCUT2D eigenvalue weighted by molar-refractivity contribution is 0.319. The van der Waals surface area contributed by atoms with Crippen molar-refractivity contribution in [1.82, 2.24) is 0 Å². The second-order valence-electron chi connectivity index (χ2n) is 2.43. The molecule has 1 rings (SSSR count). The highest BCUT2D eigenvalue weighted by atomic mass is 32.2. The van der Waals surface area contributed by atoms with Gasteiger partial charge in [-0.3, -0.25) is 0 Å². The first kappa shape index (κ1) is 9.70. The Morgan fingerprint density at radius 2 is 2.25 bits per heavy atom. The first-order valence-electron chi connectivity index (χ1n) is 3.45. The zero-order chi connectivity index (χ0) is 9.19. The molecule has 0 aromatic carbocycles. The van der Waals surface area contributed by atoms with Gasteiger partial charge in [0.25, 0.3) is 0 Å². The summed E-state index contributed by atoms with van der Waals surface area (Å²) >= 11 is 1.20. The predicted molar refractivity (Wildman–Crippen MR) is 48.2 cm³/mol. The van der Waals surface area contributed by atoms with E-state index in [9.17, 15) is 8.42 Å². The van der Waals surface area contributed by atoms with Gasteiger partial charge >= 0.3 is 0 Å². The highest BCUT2D eigenvalue weighted by molar-refractivity contribution is 7.93. The molecule has 1 aromatic heterocycles. The van der Waals surface area contributed by atoms with Crippen molar-refractivity contribution in [1.29, 1.82) is 0 Å². The van der Waals surface area contributed by atoms with Gasteiger partial charge in [0.15, 0.2) is 9.84 Å². The minimum Gasteiger partial charge on any atom is -0.395 e. The molecule has 68 valence electrons. The number of aliphatic hydroxyl groups excluding tert-OH is 1. The lowest BCUT2D eigenvalue weighted by atomic mass is 10.4. The van der Waals surface area contributed by atoms with Crippen LogP contribution in [0, 0.1) is 6.92 Å². The zero-order valence-electron chi connectivity index (χ0n) is 6.65. The van der Waals surface area contributed by atoms with Crippen LogP contribution in [-0.4, -0.2) is 25.9 Å². The SMILES string of the molecule is Cc1ccsc1S(=O)(=O)CCO. The molecular weight excluding hydrogens is 196 g/mol. The zero-order valence-corrected chi connectivity index (χ0v) is 8.28. The highest BCUT2D eigenvalue weighted by Crippen LogP contribution is 2.22. The van der Waals surface area contributed by atoms with E-state index in [1.165, 1.54) is 11.3 Å². The van der Waals surface area contributed by atoms with Crippen LogP contribution in [-0.2, 0) is 9.84 Å². The topological polar surface area (TPSA) is 54.4 Å². The van der Waals surface area contributed by atoms with Crippen LogP contribution in [0.15, 0.2) is 15.7 Å². The Balaban J connectivity index is 3.06. The summed E-state index contributed by atoms with van der Waals surface area (Å²) < 4.78 is 23.1. The van der Waals surface area contributed by atoms with Gasteiger partial charge < -0.3 is 5.11 Å². The molecule has 1 N–H and O–H groups in total. The molecule has 3 nitrogen and oxygen atoms in total. The van der Waals surface area contributed by atoms with E-state index in [1.807, 2.05) is 0 Å². The van der Waals surface area contributed by atoms with Gasteiger partial charge in [-0.1, -0.05) is 0 Å². The first-order valence-corrected chi connectivity index (χ1v) is 5.99. The molecule has 0 aliphatic rings. The fourth-order valence-electron chi connectivity index (χ4n) is 0.890. The third-order valence-electron chi connectivity index (χ3n) is 1.46. The summed E-state index contributed by atoms with van der Waals surface area (Å²) in [6.07, 6.45) is 0. The number of rotatable bonds is 3. The Morgan fingerprint density at radius 3 is 2.67 bits per heavy atom. The average molecular weight is 206 g/mol. The van der Waals surface area contributed by atoms with Crippen LogP contribution in [0.25, 0.3) is 0 Å². The number of thiophene rings is 1. The van der Waals surface area contributed by atoms with Gasteiger partial charge in [0.05, 0.1) is 12.4 Å². The lowest BCUT2D eigenvalue weighted by Crippen LogP contribution is -2.09. The summed E-state index contributed by atoms with van der Waals surface area (Å²) in [5.41, 5.74) is 0.758. The lowest BCUT2D eigenvalue weighted by Gasteiger charge is -1.99. The van der Waals surface area contributed by atoms with Crippen molar-refractivity contribution in [3.05, 3.63) is 17.0 Å². The summed E-state index contributed by atoms with van der Waals surface area (Å²) in [7, 11) is -3.23. The molecular formula is C7H10O3S2. The number of aliphatic hydroxyl groups is 1. The van der Waals surface area contributed by atoms with Crippen LogP contribution in [0.4, 0.5) is 0 Å². The van der Waals surface area contributed by atoms with Gasteiger partial charge in [-0.25, -0.2) is 8.42 Å². The fraction of sp³-hybridized carbons (Fsp3) is 0.429. The molecule has 0 unspecified atom stereocenters. The van der Waals surface area contributed by atoms with E-state index in [4.69, 9.17) is 5.11 Å². The summed E-state index contributed by atoms with van der Waals surface area (Å²) in [5.74, 6) is -0.186. The summed E-state index contributed by atoms with van der Waals surface area (Å²) in [6.45, 7) is 1.43. The smallest absolute Gasteiger partial charge is 0.190 e. The molecule has 0 atom stereocenters. The molecule has 12 heavy (non-hydrogen) atoms. The number of hydrogen-bond acceptors (Lipinski definition) is 4. The maximum atomic E-state index is 11.4. The van der Waals surface area contributed by atoms with Gasteiger partial charge in [-0.15, -0.1) is 11.3 Å². The van der Waals surface area contributed by atoms with Gasteiger partial charge in [-0.2, -0.15) is 0 Å². The van der Waals surface area contributed by atoms with Gasteiger partial charge in [0.2, 0.25) is 0 Å². The molecule has 0 saturated heterocycles. The maximum absolute atomic E-state index is 11.4. The number of hydrogen-bond donors (Lipinski definition) is 1. The Kier molecular flexibility index (Phi) is 2.87. The minimum atomic E-state index is -3.23. The molecule has 1 aromatic rings. The molecule has 0 saturated carbocycles. The standard InChI is InChI=1S/C7H10O3S2/c1-6-2-4-11-7(6)12(9,10)5-3-8/h2,4,8H,3,5H2,1H3. The van der Waals surface area contributed by atoms with Crippen molar-refractivity contribution in [2.45, 2.75) is 11.1 Å². The largest absolute Gasteiger partial charge is 0.395 e. The van der Waals surface area contributed by atoms with Crippen LogP contribution in [0.2, 0.25) is 0 Å². The average Bonchev–Trinajstić information content (AvgIpc) is 2.35. The van der Waals surface area contributed by atoms with E-state index in [0.29, 0.717) is 4.21 Å². The van der Waals surface area contributed by atoms with E-state index in [2.05, 4.69) is 0 Å². The number of sulfone groups is 1. The Bertz CT molecular complexity index is 350. The third-order valence-corrected chi connectivity index (χ3v) is 4.92. The van der Waals surface area contributed by atoms with Crippen molar-refractivity contribution in [2.24, 2.45) is 0 Å². The van der Waals surface area contributed by atoms with Crippen molar-refractivity contribution in [3.63, 3.8) is 0 Å².